The van der Waals surface area contributed by atoms with Crippen molar-refractivity contribution >= 4 is 53.7 Å². The number of rotatable bonds is 4. The second-order valence-corrected chi connectivity index (χ2v) is 14.7. The summed E-state index contributed by atoms with van der Waals surface area (Å²) in [7, 11) is -15.8. The maximum atomic E-state index is 10.8. The third-order valence-corrected chi connectivity index (χ3v) is 8.46. The van der Waals surface area contributed by atoms with Gasteiger partial charge in [-0.15, -0.1) is 0 Å². The van der Waals surface area contributed by atoms with E-state index in [1.165, 1.54) is 72.8 Å². The molecule has 0 heterocycles. The minimum atomic E-state index is -4.25. The first-order chi connectivity index (χ1) is 18.4. The topological polar surface area (TPSA) is 206 Å². The quantitative estimate of drug-likeness (QED) is 0.195. The Labute approximate surface area is 289 Å². The van der Waals surface area contributed by atoms with Gasteiger partial charge < -0.3 is 13.7 Å². The summed E-state index contributed by atoms with van der Waals surface area (Å²) in [6.45, 7) is 0. The van der Waals surface area contributed by atoms with Gasteiger partial charge in [-0.3, -0.25) is 0 Å². The summed E-state index contributed by atoms with van der Waals surface area (Å²) in [6.07, 6.45) is 0. The zero-order valence-electron chi connectivity index (χ0n) is 21.2. The number of benzene rings is 4. The van der Waals surface area contributed by atoms with Crippen molar-refractivity contribution in [2.75, 3.05) is 0 Å². The van der Waals surface area contributed by atoms with Crippen LogP contribution in [0.3, 0.4) is 0 Å². The van der Waals surface area contributed by atoms with Crippen LogP contribution in [0.4, 0.5) is 0 Å². The Balaban J connectivity index is 0.000000516. The van der Waals surface area contributed by atoms with Crippen LogP contribution >= 0.6 is 0 Å². The molecule has 0 radical (unpaired) electrons. The largest absolute Gasteiger partial charge is 1.00 e. The van der Waals surface area contributed by atoms with Crippen molar-refractivity contribution in [3.63, 3.8) is 0 Å². The van der Waals surface area contributed by atoms with Gasteiger partial charge in [-0.2, -0.15) is 0 Å². The van der Waals surface area contributed by atoms with Gasteiger partial charge in [0.2, 0.25) is 0 Å². The van der Waals surface area contributed by atoms with Crippen LogP contribution in [0.25, 0.3) is 0 Å². The summed E-state index contributed by atoms with van der Waals surface area (Å²) < 4.78 is 114. The van der Waals surface area contributed by atoms with Gasteiger partial charge in [-0.05, 0) is 36.4 Å². The van der Waals surface area contributed by atoms with Crippen LogP contribution in [0, 0.1) is 0 Å². The fraction of sp³-hybridized carbons (Fsp3) is 0. The van der Waals surface area contributed by atoms with E-state index in [1.807, 2.05) is 0 Å². The van der Waals surface area contributed by atoms with Gasteiger partial charge in [0.25, 0.3) is 0 Å². The van der Waals surface area contributed by atoms with E-state index in [-0.39, 0.29) is 66.1 Å². The minimum Gasteiger partial charge on any atom is 1.00 e. The molecular formula is C24H20AlKO11S4. The second-order valence-electron chi connectivity index (χ2n) is 7.16. The van der Waals surface area contributed by atoms with Crippen molar-refractivity contribution < 1.29 is 98.7 Å². The molecule has 0 atom stereocenters. The molecule has 17 heteroatoms. The molecule has 0 saturated heterocycles. The van der Waals surface area contributed by atoms with Gasteiger partial charge in [0.05, 0.1) is 14.7 Å². The molecule has 0 aliphatic carbocycles. The molecule has 0 amide bonds. The van der Waals surface area contributed by atoms with Crippen LogP contribution in [-0.4, -0.2) is 62.5 Å². The average molecular weight is 679 g/mol. The first-order valence-corrected chi connectivity index (χ1v) is 17.7. The fourth-order valence-electron chi connectivity index (χ4n) is 2.37. The summed E-state index contributed by atoms with van der Waals surface area (Å²) >= 11 is 1.80. The zero-order valence-corrected chi connectivity index (χ0v) is 28.8. The summed E-state index contributed by atoms with van der Waals surface area (Å²) in [4.78, 5) is -0.222. The SMILES string of the molecule is O=S(=O)([O-])c1ccccc1.O=S(=O)([O-])c1ccccc1.O=S(=O)([O-])c1ccccc1.O=[S](=O)([Al+2])c1ccccc1.[K+]. The average Bonchev–Trinajstić information content (AvgIpc) is 2.90. The van der Waals surface area contributed by atoms with Crippen LogP contribution in [0.1, 0.15) is 0 Å². The zero-order chi connectivity index (χ0) is 30.5. The Morgan fingerprint density at radius 2 is 0.537 bits per heavy atom. The molecule has 0 aliphatic rings. The van der Waals surface area contributed by atoms with Crippen molar-refractivity contribution in [3.05, 3.63) is 121 Å². The molecule has 4 rings (SSSR count). The molecule has 0 saturated carbocycles. The molecule has 0 N–H and O–H groups in total. The van der Waals surface area contributed by atoms with E-state index in [9.17, 15) is 47.3 Å². The van der Waals surface area contributed by atoms with E-state index < -0.39 is 38.6 Å². The van der Waals surface area contributed by atoms with E-state index in [0.29, 0.717) is 4.90 Å². The predicted molar refractivity (Wildman–Crippen MR) is 143 cm³/mol. The molecule has 210 valence electrons. The number of hydrogen-bond donors (Lipinski definition) is 0. The van der Waals surface area contributed by atoms with Gasteiger partial charge in [0, 0.05) is 0 Å². The Hall–Kier alpha value is -1.27. The van der Waals surface area contributed by atoms with Gasteiger partial charge in [-0.25, -0.2) is 25.3 Å². The van der Waals surface area contributed by atoms with Gasteiger partial charge >= 0.3 is 118 Å². The molecule has 4 aromatic carbocycles. The van der Waals surface area contributed by atoms with E-state index in [2.05, 4.69) is 0 Å². The first-order valence-electron chi connectivity index (χ1n) is 10.5. The van der Waals surface area contributed by atoms with E-state index in [0.717, 1.165) is 0 Å². The molecule has 0 aliphatic heterocycles. The van der Waals surface area contributed by atoms with Crippen LogP contribution in [0.15, 0.2) is 141 Å². The normalized spacial score (nSPS) is 11.0. The molecule has 0 unspecified atom stereocenters. The molecule has 0 bridgehead atoms. The van der Waals surface area contributed by atoms with Crippen molar-refractivity contribution in [3.8, 4) is 0 Å². The number of hydrogen-bond acceptors (Lipinski definition) is 11. The van der Waals surface area contributed by atoms with Crippen molar-refractivity contribution in [1.82, 2.24) is 0 Å². The molecule has 11 nitrogen and oxygen atoms in total. The third-order valence-electron chi connectivity index (χ3n) is 4.17. The van der Waals surface area contributed by atoms with Crippen LogP contribution < -0.4 is 51.4 Å². The van der Waals surface area contributed by atoms with Crippen molar-refractivity contribution in [1.29, 1.82) is 0 Å². The van der Waals surface area contributed by atoms with E-state index in [4.69, 9.17) is 0 Å². The Morgan fingerprint density at radius 3 is 0.634 bits per heavy atom. The third kappa shape index (κ3) is 17.4. The molecule has 41 heavy (non-hydrogen) atoms. The van der Waals surface area contributed by atoms with Crippen LogP contribution in [-0.2, 0) is 38.6 Å². The maximum absolute atomic E-state index is 10.8. The Bertz CT molecular complexity index is 1490. The standard InChI is InChI=1S/3C6H6O3S.C6H5O2S.Al.K/c3*7-10(8,9)6-4-2-1-3-5-6;7-9(8)6-4-2-1-3-5-6;;/h3*1-5H,(H,7,8,9);1-5H;;/q;;;;+2;+1/p-3. The first kappa shape index (κ1) is 39.7. The molecular weight excluding hydrogens is 659 g/mol. The Morgan fingerprint density at radius 1 is 0.366 bits per heavy atom. The van der Waals surface area contributed by atoms with Crippen molar-refractivity contribution in [2.24, 2.45) is 0 Å². The summed E-state index contributed by atoms with van der Waals surface area (Å²) in [5, 5.41) is 0. The van der Waals surface area contributed by atoms with E-state index >= 15 is 0 Å². The van der Waals surface area contributed by atoms with Gasteiger partial charge in [0.15, 0.2) is 0 Å². The van der Waals surface area contributed by atoms with Crippen molar-refractivity contribution in [2.45, 2.75) is 19.6 Å². The van der Waals surface area contributed by atoms with Gasteiger partial charge in [-0.1, -0.05) is 54.6 Å². The smallest absolute Gasteiger partial charge is 1.00 e. The van der Waals surface area contributed by atoms with Gasteiger partial charge in [0.1, 0.15) is 30.4 Å². The van der Waals surface area contributed by atoms with E-state index in [1.54, 1.807) is 63.7 Å². The monoisotopic (exact) mass is 678 g/mol. The molecule has 4 aromatic rings. The summed E-state index contributed by atoms with van der Waals surface area (Å²) in [5.41, 5.74) is 0. The predicted octanol–water partition coefficient (Wildman–Crippen LogP) is -0.680. The summed E-state index contributed by atoms with van der Waals surface area (Å²) in [6, 6.07) is 29.8. The molecule has 0 fully saturated rings. The maximum Gasteiger partial charge on any atom is 1.00 e. The van der Waals surface area contributed by atoms with Crippen LogP contribution in [0.5, 0.6) is 0 Å². The molecule has 0 aromatic heterocycles. The van der Waals surface area contributed by atoms with Crippen LogP contribution in [0.2, 0.25) is 0 Å². The summed E-state index contributed by atoms with van der Waals surface area (Å²) in [5.74, 6) is 0. The fourth-order valence-corrected chi connectivity index (χ4v) is 4.85. The minimum absolute atomic E-state index is 0. The Kier molecular flexibility index (Phi) is 17.8. The second kappa shape index (κ2) is 18.4. The molecule has 0 spiro atoms.